The minimum absolute atomic E-state index is 0.0113. The van der Waals surface area contributed by atoms with Crippen molar-refractivity contribution in [3.05, 3.63) is 28.7 Å². The number of nitrogens with zero attached hydrogens (tertiary/aromatic N) is 1. The normalized spacial score (nSPS) is 19.8. The molecule has 20 heavy (non-hydrogen) atoms. The lowest BCUT2D eigenvalue weighted by Crippen LogP contribution is -2.44. The highest BCUT2D eigenvalue weighted by Crippen LogP contribution is 2.19. The van der Waals surface area contributed by atoms with E-state index in [1.54, 1.807) is 0 Å². The number of amides is 1. The Bertz CT molecular complexity index is 434. The Morgan fingerprint density at radius 3 is 2.80 bits per heavy atom. The van der Waals surface area contributed by atoms with Crippen LogP contribution in [0.2, 0.25) is 0 Å². The molecule has 1 fully saturated rings. The van der Waals surface area contributed by atoms with E-state index < -0.39 is 0 Å². The highest BCUT2D eigenvalue weighted by Gasteiger charge is 2.23. The molecule has 1 aromatic rings. The van der Waals surface area contributed by atoms with Crippen molar-refractivity contribution in [1.29, 1.82) is 0 Å². The summed E-state index contributed by atoms with van der Waals surface area (Å²) in [5.74, 6) is 0.0113. The number of rotatable bonds is 5. The second-order valence-corrected chi connectivity index (χ2v) is 6.10. The first-order chi connectivity index (χ1) is 9.69. The number of halogens is 1. The standard InChI is InChI=1S/C15H21BrN2O2/c16-12-4-6-13(7-5-12)17-15(20)11-18-9-2-1-3-14(18)8-10-19/h4-7,14,19H,1-3,8-11H2,(H,17,20). The monoisotopic (exact) mass is 340 g/mol. The van der Waals surface area contributed by atoms with Gasteiger partial charge in [0.2, 0.25) is 5.91 Å². The molecule has 4 nitrogen and oxygen atoms in total. The molecule has 0 aromatic heterocycles. The zero-order valence-electron chi connectivity index (χ0n) is 11.5. The van der Waals surface area contributed by atoms with Crippen LogP contribution in [0.15, 0.2) is 28.7 Å². The van der Waals surface area contributed by atoms with Crippen LogP contribution in [0.3, 0.4) is 0 Å². The van der Waals surface area contributed by atoms with E-state index in [-0.39, 0.29) is 12.5 Å². The molecule has 0 radical (unpaired) electrons. The van der Waals surface area contributed by atoms with Gasteiger partial charge >= 0.3 is 0 Å². The third-order valence-corrected chi connectivity index (χ3v) is 4.21. The number of anilines is 1. The first kappa shape index (κ1) is 15.5. The number of hydrogen-bond donors (Lipinski definition) is 2. The summed E-state index contributed by atoms with van der Waals surface area (Å²) < 4.78 is 0.995. The maximum atomic E-state index is 12.1. The van der Waals surface area contributed by atoms with Gasteiger partial charge < -0.3 is 10.4 Å². The summed E-state index contributed by atoms with van der Waals surface area (Å²) in [5.41, 5.74) is 0.814. The molecule has 2 N–H and O–H groups in total. The number of aliphatic hydroxyl groups is 1. The second kappa shape index (κ2) is 7.76. The van der Waals surface area contributed by atoms with Gasteiger partial charge in [0.05, 0.1) is 6.54 Å². The Labute approximate surface area is 128 Å². The third-order valence-electron chi connectivity index (χ3n) is 3.69. The van der Waals surface area contributed by atoms with Gasteiger partial charge in [0.15, 0.2) is 0 Å². The Morgan fingerprint density at radius 1 is 1.35 bits per heavy atom. The number of piperidine rings is 1. The average molecular weight is 341 g/mol. The van der Waals surface area contributed by atoms with E-state index in [1.807, 2.05) is 24.3 Å². The van der Waals surface area contributed by atoms with Crippen LogP contribution in [0.5, 0.6) is 0 Å². The lowest BCUT2D eigenvalue weighted by atomic mass is 10.00. The van der Waals surface area contributed by atoms with Crippen molar-refractivity contribution in [3.63, 3.8) is 0 Å². The van der Waals surface area contributed by atoms with E-state index in [4.69, 9.17) is 5.11 Å². The summed E-state index contributed by atoms with van der Waals surface area (Å²) in [6.07, 6.45) is 4.15. The number of aliphatic hydroxyl groups excluding tert-OH is 1. The molecule has 1 atom stereocenters. The molecule has 1 saturated heterocycles. The highest BCUT2D eigenvalue weighted by atomic mass is 79.9. The Kier molecular flexibility index (Phi) is 6.01. The zero-order valence-corrected chi connectivity index (χ0v) is 13.1. The SMILES string of the molecule is O=C(CN1CCCCC1CCO)Nc1ccc(Br)cc1. The Morgan fingerprint density at radius 2 is 2.10 bits per heavy atom. The van der Waals surface area contributed by atoms with Gasteiger partial charge in [-0.2, -0.15) is 0 Å². The summed E-state index contributed by atoms with van der Waals surface area (Å²) in [4.78, 5) is 14.3. The van der Waals surface area contributed by atoms with Crippen LogP contribution in [0.4, 0.5) is 5.69 Å². The van der Waals surface area contributed by atoms with Gasteiger partial charge in [-0.15, -0.1) is 0 Å². The zero-order chi connectivity index (χ0) is 14.4. The van der Waals surface area contributed by atoms with Gasteiger partial charge in [-0.1, -0.05) is 22.4 Å². The third kappa shape index (κ3) is 4.58. The fraction of sp³-hybridized carbons (Fsp3) is 0.533. The molecule has 1 aliphatic heterocycles. The Hall–Kier alpha value is -0.910. The van der Waals surface area contributed by atoms with Crippen molar-refractivity contribution in [1.82, 2.24) is 4.90 Å². The van der Waals surface area contributed by atoms with E-state index in [0.717, 1.165) is 36.0 Å². The van der Waals surface area contributed by atoms with Gasteiger partial charge in [-0.05, 0) is 50.1 Å². The van der Waals surface area contributed by atoms with Crippen molar-refractivity contribution >= 4 is 27.5 Å². The van der Waals surface area contributed by atoms with E-state index in [0.29, 0.717) is 12.6 Å². The topological polar surface area (TPSA) is 52.6 Å². The van der Waals surface area contributed by atoms with Crippen LogP contribution in [-0.4, -0.2) is 41.7 Å². The maximum Gasteiger partial charge on any atom is 0.238 e. The van der Waals surface area contributed by atoms with Crippen LogP contribution in [0.1, 0.15) is 25.7 Å². The number of likely N-dealkylation sites (tertiary alicyclic amines) is 1. The molecule has 1 aliphatic rings. The van der Waals surface area contributed by atoms with Crippen molar-refractivity contribution in [2.24, 2.45) is 0 Å². The molecule has 0 saturated carbocycles. The molecule has 0 spiro atoms. The number of carbonyl (C=O) groups is 1. The van der Waals surface area contributed by atoms with Gasteiger partial charge in [0.1, 0.15) is 0 Å². The molecular weight excluding hydrogens is 320 g/mol. The van der Waals surface area contributed by atoms with Crippen molar-refractivity contribution in [2.75, 3.05) is 25.0 Å². The largest absolute Gasteiger partial charge is 0.396 e. The van der Waals surface area contributed by atoms with Gasteiger partial charge in [0, 0.05) is 22.8 Å². The van der Waals surface area contributed by atoms with Crippen LogP contribution in [0, 0.1) is 0 Å². The number of nitrogens with one attached hydrogen (secondary N) is 1. The van der Waals surface area contributed by atoms with Crippen molar-refractivity contribution < 1.29 is 9.90 Å². The molecule has 1 unspecified atom stereocenters. The predicted octanol–water partition coefficient (Wildman–Crippen LogP) is 2.62. The summed E-state index contributed by atoms with van der Waals surface area (Å²) in [5, 5.41) is 12.0. The first-order valence-electron chi connectivity index (χ1n) is 7.09. The number of carbonyl (C=O) groups excluding carboxylic acids is 1. The highest BCUT2D eigenvalue weighted by molar-refractivity contribution is 9.10. The lowest BCUT2D eigenvalue weighted by molar-refractivity contribution is -0.118. The molecule has 1 amide bonds. The maximum absolute atomic E-state index is 12.1. The fourth-order valence-electron chi connectivity index (χ4n) is 2.66. The van der Waals surface area contributed by atoms with E-state index >= 15 is 0 Å². The van der Waals surface area contributed by atoms with Crippen LogP contribution in [0.25, 0.3) is 0 Å². The second-order valence-electron chi connectivity index (χ2n) is 5.19. The van der Waals surface area contributed by atoms with Crippen LogP contribution in [-0.2, 0) is 4.79 Å². The number of hydrogen-bond acceptors (Lipinski definition) is 3. The molecule has 1 heterocycles. The summed E-state index contributed by atoms with van der Waals surface area (Å²) in [6, 6.07) is 7.91. The van der Waals surface area contributed by atoms with E-state index in [9.17, 15) is 4.79 Å². The van der Waals surface area contributed by atoms with Crippen molar-refractivity contribution in [3.8, 4) is 0 Å². The smallest absolute Gasteiger partial charge is 0.238 e. The average Bonchev–Trinajstić information content (AvgIpc) is 2.44. The van der Waals surface area contributed by atoms with Gasteiger partial charge in [-0.25, -0.2) is 0 Å². The van der Waals surface area contributed by atoms with E-state index in [2.05, 4.69) is 26.1 Å². The van der Waals surface area contributed by atoms with Crippen molar-refractivity contribution in [2.45, 2.75) is 31.7 Å². The van der Waals surface area contributed by atoms with E-state index in [1.165, 1.54) is 6.42 Å². The van der Waals surface area contributed by atoms with Crippen LogP contribution < -0.4 is 5.32 Å². The van der Waals surface area contributed by atoms with Gasteiger partial charge in [-0.3, -0.25) is 9.69 Å². The molecule has 5 heteroatoms. The predicted molar refractivity (Wildman–Crippen MR) is 83.7 cm³/mol. The summed E-state index contributed by atoms with van der Waals surface area (Å²) >= 11 is 3.37. The minimum atomic E-state index is 0.0113. The summed E-state index contributed by atoms with van der Waals surface area (Å²) in [6.45, 7) is 1.54. The molecule has 1 aromatic carbocycles. The number of benzene rings is 1. The molecule has 2 rings (SSSR count). The quantitative estimate of drug-likeness (QED) is 0.866. The summed E-state index contributed by atoms with van der Waals surface area (Å²) in [7, 11) is 0. The van der Waals surface area contributed by atoms with Gasteiger partial charge in [0.25, 0.3) is 0 Å². The minimum Gasteiger partial charge on any atom is -0.396 e. The molecule has 0 bridgehead atoms. The molecule has 0 aliphatic carbocycles. The molecule has 110 valence electrons. The Balaban J connectivity index is 1.87. The van der Waals surface area contributed by atoms with Crippen LogP contribution >= 0.6 is 15.9 Å². The molecular formula is C15H21BrN2O2. The lowest BCUT2D eigenvalue weighted by Gasteiger charge is -2.34. The first-order valence-corrected chi connectivity index (χ1v) is 7.88. The fourth-order valence-corrected chi connectivity index (χ4v) is 2.93.